The number of hydrogen-bond acceptors (Lipinski definition) is 10. The topological polar surface area (TPSA) is 98.9 Å². The largest absolute Gasteiger partial charge is 0.500 e. The lowest BCUT2D eigenvalue weighted by Crippen LogP contribution is -2.44. The Bertz CT molecular complexity index is 538. The molecule has 39 heavy (non-hydrogen) atoms. The highest BCUT2D eigenvalue weighted by Gasteiger charge is 2.39. The number of hydrogen-bond donors (Lipinski definition) is 0. The third-order valence-corrected chi connectivity index (χ3v) is 10.0. The molecule has 2 heterocycles. The maximum Gasteiger partial charge on any atom is 0.500 e. The van der Waals surface area contributed by atoms with Crippen LogP contribution in [0.25, 0.3) is 0 Å². The quantitative estimate of drug-likeness (QED) is 0.0611. The SMILES string of the molecule is CCCCCCCCC(CCCOCC1CO1)C(OC)(OC)OC.CO[Si](CCCOCC1CO1)(OC)OC. The Kier molecular flexibility index (Phi) is 21.2. The summed E-state index contributed by atoms with van der Waals surface area (Å²) >= 11 is 0. The highest BCUT2D eigenvalue weighted by atomic mass is 28.4. The molecule has 0 aromatic rings. The van der Waals surface area contributed by atoms with E-state index in [0.29, 0.717) is 32.0 Å². The second kappa shape index (κ2) is 22.4. The van der Waals surface area contributed by atoms with Gasteiger partial charge in [0.15, 0.2) is 0 Å². The summed E-state index contributed by atoms with van der Waals surface area (Å²) in [7, 11) is 7.44. The molecule has 0 N–H and O–H groups in total. The molecule has 0 bridgehead atoms. The first kappa shape index (κ1) is 36.8. The molecule has 0 aromatic carbocycles. The average Bonchev–Trinajstić information content (AvgIpc) is 3.90. The molecule has 0 saturated carbocycles. The van der Waals surface area contributed by atoms with Crippen LogP contribution in [0.5, 0.6) is 0 Å². The van der Waals surface area contributed by atoms with Crippen molar-refractivity contribution in [2.24, 2.45) is 5.92 Å². The van der Waals surface area contributed by atoms with Crippen molar-refractivity contribution in [3.8, 4) is 0 Å². The van der Waals surface area contributed by atoms with E-state index < -0.39 is 14.8 Å². The minimum absolute atomic E-state index is 0.212. The van der Waals surface area contributed by atoms with E-state index in [1.807, 2.05) is 0 Å². The summed E-state index contributed by atoms with van der Waals surface area (Å²) in [4.78, 5) is 0. The minimum atomic E-state index is -2.39. The Hall–Kier alpha value is -0.183. The van der Waals surface area contributed by atoms with E-state index >= 15 is 0 Å². The van der Waals surface area contributed by atoms with Crippen molar-refractivity contribution in [2.45, 2.75) is 95.4 Å². The van der Waals surface area contributed by atoms with Gasteiger partial charge in [-0.3, -0.25) is 0 Å². The molecule has 0 radical (unpaired) electrons. The van der Waals surface area contributed by atoms with Gasteiger partial charge in [-0.25, -0.2) is 0 Å². The third kappa shape index (κ3) is 16.1. The molecular weight excluding hydrogens is 524 g/mol. The van der Waals surface area contributed by atoms with Gasteiger partial charge in [0.2, 0.25) is 0 Å². The zero-order valence-corrected chi connectivity index (χ0v) is 26.8. The Labute approximate surface area is 238 Å². The van der Waals surface area contributed by atoms with Gasteiger partial charge < -0.3 is 46.4 Å². The summed E-state index contributed by atoms with van der Waals surface area (Å²) in [6.45, 7) is 6.80. The fraction of sp³-hybridized carbons (Fsp3) is 1.00. The molecule has 0 aromatic heterocycles. The van der Waals surface area contributed by atoms with E-state index in [9.17, 15) is 0 Å². The van der Waals surface area contributed by atoms with Crippen LogP contribution in [0.4, 0.5) is 0 Å². The van der Waals surface area contributed by atoms with E-state index in [-0.39, 0.29) is 5.92 Å². The molecule has 3 atom stereocenters. The van der Waals surface area contributed by atoms with Crippen molar-refractivity contribution < 1.29 is 46.4 Å². The van der Waals surface area contributed by atoms with Crippen molar-refractivity contribution in [3.05, 3.63) is 0 Å². The number of methoxy groups -OCH3 is 3. The Morgan fingerprint density at radius 1 is 0.667 bits per heavy atom. The van der Waals surface area contributed by atoms with Gasteiger partial charge in [0, 0.05) is 67.8 Å². The smallest absolute Gasteiger partial charge is 0.379 e. The van der Waals surface area contributed by atoms with Crippen LogP contribution < -0.4 is 0 Å². The lowest BCUT2D eigenvalue weighted by molar-refractivity contribution is -0.380. The zero-order chi connectivity index (χ0) is 28.8. The van der Waals surface area contributed by atoms with Gasteiger partial charge in [-0.1, -0.05) is 45.4 Å². The molecule has 2 rings (SSSR count). The first-order valence-electron chi connectivity index (χ1n) is 14.7. The van der Waals surface area contributed by atoms with Crippen LogP contribution in [0.1, 0.15) is 71.1 Å². The van der Waals surface area contributed by atoms with Crippen LogP contribution in [0.2, 0.25) is 6.04 Å². The predicted molar refractivity (Wildman–Crippen MR) is 152 cm³/mol. The van der Waals surface area contributed by atoms with E-state index in [4.69, 9.17) is 46.4 Å². The van der Waals surface area contributed by atoms with E-state index in [1.54, 1.807) is 42.7 Å². The average molecular weight is 583 g/mol. The van der Waals surface area contributed by atoms with Crippen molar-refractivity contribution in [1.82, 2.24) is 0 Å². The summed E-state index contributed by atoms with van der Waals surface area (Å²) in [6, 6.07) is 0.780. The summed E-state index contributed by atoms with van der Waals surface area (Å²) < 4.78 is 53.9. The van der Waals surface area contributed by atoms with Gasteiger partial charge in [-0.2, -0.15) is 0 Å². The second-order valence-electron chi connectivity index (χ2n) is 10.1. The third-order valence-electron chi connectivity index (χ3n) is 7.22. The van der Waals surface area contributed by atoms with Gasteiger partial charge in [0.1, 0.15) is 12.2 Å². The van der Waals surface area contributed by atoms with Crippen LogP contribution >= 0.6 is 0 Å². The Balaban J connectivity index is 0.000000434. The molecule has 234 valence electrons. The number of rotatable bonds is 26. The molecule has 2 fully saturated rings. The molecule has 10 nitrogen and oxygen atoms in total. The highest BCUT2D eigenvalue weighted by Crippen LogP contribution is 2.32. The van der Waals surface area contributed by atoms with Crippen LogP contribution in [-0.4, -0.2) is 109 Å². The fourth-order valence-electron chi connectivity index (χ4n) is 4.56. The molecular formula is C28H58O10Si. The van der Waals surface area contributed by atoms with E-state index in [2.05, 4.69) is 6.92 Å². The highest BCUT2D eigenvalue weighted by molar-refractivity contribution is 6.60. The second-order valence-corrected chi connectivity index (χ2v) is 13.2. The molecule has 2 aliphatic heterocycles. The van der Waals surface area contributed by atoms with Crippen LogP contribution in [-0.2, 0) is 46.4 Å². The Morgan fingerprint density at radius 3 is 1.59 bits per heavy atom. The molecule has 2 aliphatic rings. The first-order chi connectivity index (χ1) is 19.0. The molecule has 3 unspecified atom stereocenters. The van der Waals surface area contributed by atoms with Crippen LogP contribution in [0, 0.1) is 5.92 Å². The summed E-state index contributed by atoms with van der Waals surface area (Å²) in [5, 5.41) is 0. The fourth-order valence-corrected chi connectivity index (χ4v) is 6.25. The van der Waals surface area contributed by atoms with Crippen molar-refractivity contribution in [2.75, 3.05) is 82.3 Å². The summed E-state index contributed by atoms with van der Waals surface area (Å²) in [5.41, 5.74) is 0. The molecule has 0 spiro atoms. The van der Waals surface area contributed by atoms with Crippen LogP contribution in [0.15, 0.2) is 0 Å². The van der Waals surface area contributed by atoms with Gasteiger partial charge in [0.05, 0.1) is 26.4 Å². The number of ether oxygens (including phenoxy) is 7. The lowest BCUT2D eigenvalue weighted by atomic mass is 9.93. The molecule has 0 aliphatic carbocycles. The number of unbranched alkanes of at least 4 members (excludes halogenated alkanes) is 5. The summed E-state index contributed by atoms with van der Waals surface area (Å²) in [6.07, 6.45) is 12.3. The monoisotopic (exact) mass is 582 g/mol. The van der Waals surface area contributed by atoms with Crippen molar-refractivity contribution in [1.29, 1.82) is 0 Å². The molecule has 2 saturated heterocycles. The zero-order valence-electron chi connectivity index (χ0n) is 25.8. The summed E-state index contributed by atoms with van der Waals surface area (Å²) in [5.74, 6) is -0.729. The van der Waals surface area contributed by atoms with Gasteiger partial charge in [0.25, 0.3) is 5.97 Å². The molecule has 0 amide bonds. The predicted octanol–water partition coefficient (Wildman–Crippen LogP) is 4.81. The van der Waals surface area contributed by atoms with E-state index in [1.165, 1.54) is 38.5 Å². The maximum absolute atomic E-state index is 5.64. The van der Waals surface area contributed by atoms with Gasteiger partial charge in [-0.15, -0.1) is 0 Å². The van der Waals surface area contributed by atoms with E-state index in [0.717, 1.165) is 51.5 Å². The van der Waals surface area contributed by atoms with Crippen molar-refractivity contribution in [3.63, 3.8) is 0 Å². The first-order valence-corrected chi connectivity index (χ1v) is 16.6. The number of epoxide rings is 2. The van der Waals surface area contributed by atoms with Crippen molar-refractivity contribution >= 4 is 8.80 Å². The molecule has 11 heteroatoms. The Morgan fingerprint density at radius 2 is 1.13 bits per heavy atom. The standard InChI is InChI=1S/C19H38O5.C9H20O5Si/c1-5-6-7-8-9-10-12-17(19(20-2,21-3)22-4)13-11-14-23-15-18-16-24-18;1-10-15(11-2,12-3)6-4-5-13-7-9-8-14-9/h17-18H,5-16H2,1-4H3;9H,4-8H2,1-3H3. The minimum Gasteiger partial charge on any atom is -0.379 e. The lowest BCUT2D eigenvalue weighted by Gasteiger charge is -2.36. The van der Waals surface area contributed by atoms with Gasteiger partial charge >= 0.3 is 8.80 Å². The maximum atomic E-state index is 5.64. The van der Waals surface area contributed by atoms with Gasteiger partial charge in [-0.05, 0) is 25.7 Å². The normalized spacial score (nSPS) is 19.5. The van der Waals surface area contributed by atoms with Crippen LogP contribution in [0.3, 0.4) is 0 Å².